The molecule has 2 aliphatic rings. The van der Waals surface area contributed by atoms with E-state index < -0.39 is 0 Å². The predicted octanol–water partition coefficient (Wildman–Crippen LogP) is 1.77. The third-order valence-corrected chi connectivity index (χ3v) is 5.75. The number of rotatable bonds is 11. The first-order valence-corrected chi connectivity index (χ1v) is 10.7. The summed E-state index contributed by atoms with van der Waals surface area (Å²) in [5.74, 6) is 0.938. The smallest absolute Gasteiger partial charge is 0.191 e. The molecule has 0 atom stereocenters. The molecular weight excluding hydrogens is 469 g/mol. The SMILES string of the molecule is CCNC(=NCC1(N2CCCC2)CCOCC1)NCCN(C)CCCOC.I. The number of guanidine groups is 1. The van der Waals surface area contributed by atoms with Crippen molar-refractivity contribution in [1.82, 2.24) is 20.4 Å². The quantitative estimate of drug-likeness (QED) is 0.191. The average molecular weight is 511 g/mol. The molecule has 0 aliphatic carbocycles. The van der Waals surface area contributed by atoms with Gasteiger partial charge in [0.1, 0.15) is 0 Å². The van der Waals surface area contributed by atoms with Gasteiger partial charge in [-0.1, -0.05) is 0 Å². The van der Waals surface area contributed by atoms with Crippen LogP contribution in [-0.4, -0.2) is 101 Å². The fourth-order valence-electron chi connectivity index (χ4n) is 4.04. The first-order chi connectivity index (χ1) is 13.2. The molecule has 0 saturated carbocycles. The lowest BCUT2D eigenvalue weighted by atomic mass is 9.88. The van der Waals surface area contributed by atoms with Crippen LogP contribution in [0.25, 0.3) is 0 Å². The highest BCUT2D eigenvalue weighted by Crippen LogP contribution is 2.31. The topological polar surface area (TPSA) is 61.4 Å². The van der Waals surface area contributed by atoms with Crippen molar-refractivity contribution in [2.45, 2.75) is 44.6 Å². The van der Waals surface area contributed by atoms with Crippen LogP contribution in [0.2, 0.25) is 0 Å². The van der Waals surface area contributed by atoms with Crippen LogP contribution in [0.15, 0.2) is 4.99 Å². The van der Waals surface area contributed by atoms with E-state index in [1.807, 2.05) is 0 Å². The third-order valence-electron chi connectivity index (χ3n) is 5.75. The Hall–Kier alpha value is -0.160. The van der Waals surface area contributed by atoms with E-state index in [-0.39, 0.29) is 29.5 Å². The van der Waals surface area contributed by atoms with Gasteiger partial charge in [0.25, 0.3) is 0 Å². The van der Waals surface area contributed by atoms with Crippen molar-refractivity contribution in [2.75, 3.05) is 79.8 Å². The molecule has 0 spiro atoms. The summed E-state index contributed by atoms with van der Waals surface area (Å²) in [7, 11) is 3.92. The lowest BCUT2D eigenvalue weighted by Gasteiger charge is -2.43. The maximum atomic E-state index is 5.65. The number of methoxy groups -OCH3 is 1. The van der Waals surface area contributed by atoms with Crippen molar-refractivity contribution in [3.63, 3.8) is 0 Å². The first kappa shape index (κ1) is 25.9. The highest BCUT2D eigenvalue weighted by molar-refractivity contribution is 14.0. The highest BCUT2D eigenvalue weighted by atomic mass is 127. The van der Waals surface area contributed by atoms with Gasteiger partial charge in [-0.25, -0.2) is 0 Å². The normalized spacial score (nSPS) is 20.2. The fraction of sp³-hybridized carbons (Fsp3) is 0.950. The summed E-state index contributed by atoms with van der Waals surface area (Å²) in [6, 6.07) is 0. The number of ether oxygens (including phenoxy) is 2. The van der Waals surface area contributed by atoms with Gasteiger partial charge in [-0.2, -0.15) is 0 Å². The Morgan fingerprint density at radius 3 is 2.54 bits per heavy atom. The molecule has 166 valence electrons. The van der Waals surface area contributed by atoms with Gasteiger partial charge in [0.15, 0.2) is 5.96 Å². The van der Waals surface area contributed by atoms with Gasteiger partial charge < -0.3 is 25.0 Å². The van der Waals surface area contributed by atoms with Crippen LogP contribution < -0.4 is 10.6 Å². The second kappa shape index (κ2) is 14.8. The largest absolute Gasteiger partial charge is 0.385 e. The number of likely N-dealkylation sites (N-methyl/N-ethyl adjacent to an activating group) is 1. The average Bonchev–Trinajstić information content (AvgIpc) is 3.23. The minimum atomic E-state index is 0. The number of likely N-dealkylation sites (tertiary alicyclic amines) is 1. The zero-order chi connectivity index (χ0) is 19.4. The number of aliphatic imine (C=N–C) groups is 1. The zero-order valence-electron chi connectivity index (χ0n) is 18.2. The van der Waals surface area contributed by atoms with Crippen molar-refractivity contribution < 1.29 is 9.47 Å². The second-order valence-electron chi connectivity index (χ2n) is 7.80. The third kappa shape index (κ3) is 8.69. The van der Waals surface area contributed by atoms with E-state index >= 15 is 0 Å². The Balaban J connectivity index is 0.00000392. The molecule has 2 heterocycles. The van der Waals surface area contributed by atoms with Crippen molar-refractivity contribution in [3.05, 3.63) is 0 Å². The summed E-state index contributed by atoms with van der Waals surface area (Å²) in [6.07, 6.45) is 5.90. The van der Waals surface area contributed by atoms with Gasteiger partial charge in [0.05, 0.1) is 6.54 Å². The zero-order valence-corrected chi connectivity index (χ0v) is 20.5. The summed E-state index contributed by atoms with van der Waals surface area (Å²) in [6.45, 7) is 11.8. The van der Waals surface area contributed by atoms with E-state index in [9.17, 15) is 0 Å². The van der Waals surface area contributed by atoms with Crippen LogP contribution in [0.5, 0.6) is 0 Å². The molecule has 2 saturated heterocycles. The van der Waals surface area contributed by atoms with Crippen molar-refractivity contribution >= 4 is 29.9 Å². The monoisotopic (exact) mass is 511 g/mol. The standard InChI is InChI=1S/C20H41N5O2.HI/c1-4-21-19(22-10-14-24(2)11-7-15-26-3)23-18-20(8-16-27-17-9-20)25-12-5-6-13-25;/h4-18H2,1-3H3,(H2,21,22,23);1H. The summed E-state index contributed by atoms with van der Waals surface area (Å²) in [5.41, 5.74) is 0.189. The molecule has 0 amide bonds. The summed E-state index contributed by atoms with van der Waals surface area (Å²) in [5, 5.41) is 6.91. The van der Waals surface area contributed by atoms with Gasteiger partial charge in [0.2, 0.25) is 0 Å². The molecule has 2 aliphatic heterocycles. The van der Waals surface area contributed by atoms with Gasteiger partial charge >= 0.3 is 0 Å². The van der Waals surface area contributed by atoms with Crippen molar-refractivity contribution in [2.24, 2.45) is 4.99 Å². The van der Waals surface area contributed by atoms with Crippen LogP contribution in [0.1, 0.15) is 39.0 Å². The molecule has 2 fully saturated rings. The molecule has 0 bridgehead atoms. The molecule has 28 heavy (non-hydrogen) atoms. The molecule has 8 heteroatoms. The van der Waals surface area contributed by atoms with Gasteiger partial charge in [0, 0.05) is 58.6 Å². The van der Waals surface area contributed by atoms with Crippen LogP contribution in [-0.2, 0) is 9.47 Å². The molecule has 2 N–H and O–H groups in total. The minimum Gasteiger partial charge on any atom is -0.385 e. The number of hydrogen-bond donors (Lipinski definition) is 2. The lowest BCUT2D eigenvalue weighted by molar-refractivity contribution is -0.0139. The molecule has 0 aromatic carbocycles. The summed E-state index contributed by atoms with van der Waals surface area (Å²) >= 11 is 0. The van der Waals surface area contributed by atoms with E-state index in [0.29, 0.717) is 0 Å². The molecule has 0 aromatic heterocycles. The fourth-order valence-corrected chi connectivity index (χ4v) is 4.04. The van der Waals surface area contributed by atoms with Gasteiger partial charge in [-0.05, 0) is 59.2 Å². The Labute approximate surface area is 189 Å². The lowest BCUT2D eigenvalue weighted by Crippen LogP contribution is -2.54. The Morgan fingerprint density at radius 2 is 1.89 bits per heavy atom. The number of hydrogen-bond acceptors (Lipinski definition) is 5. The van der Waals surface area contributed by atoms with E-state index in [2.05, 4.69) is 34.4 Å². The molecule has 2 rings (SSSR count). The molecule has 0 unspecified atom stereocenters. The van der Waals surface area contributed by atoms with Crippen molar-refractivity contribution in [3.8, 4) is 0 Å². The van der Waals surface area contributed by atoms with Crippen LogP contribution in [0.3, 0.4) is 0 Å². The Bertz CT molecular complexity index is 427. The maximum Gasteiger partial charge on any atom is 0.191 e. The number of halogens is 1. The Morgan fingerprint density at radius 1 is 1.18 bits per heavy atom. The van der Waals surface area contributed by atoms with E-state index in [1.54, 1.807) is 7.11 Å². The maximum absolute atomic E-state index is 5.65. The first-order valence-electron chi connectivity index (χ1n) is 10.7. The highest BCUT2D eigenvalue weighted by Gasteiger charge is 2.39. The van der Waals surface area contributed by atoms with Crippen LogP contribution >= 0.6 is 24.0 Å². The van der Waals surface area contributed by atoms with Crippen LogP contribution in [0.4, 0.5) is 0 Å². The Kier molecular flexibility index (Phi) is 13.6. The molecule has 7 nitrogen and oxygen atoms in total. The van der Waals surface area contributed by atoms with E-state index in [0.717, 1.165) is 77.8 Å². The van der Waals surface area contributed by atoms with Gasteiger partial charge in [-0.3, -0.25) is 9.89 Å². The predicted molar refractivity (Wildman–Crippen MR) is 127 cm³/mol. The van der Waals surface area contributed by atoms with E-state index in [1.165, 1.54) is 25.9 Å². The summed E-state index contributed by atoms with van der Waals surface area (Å²) in [4.78, 5) is 9.99. The van der Waals surface area contributed by atoms with Crippen molar-refractivity contribution in [1.29, 1.82) is 0 Å². The second-order valence-corrected chi connectivity index (χ2v) is 7.80. The van der Waals surface area contributed by atoms with E-state index in [4.69, 9.17) is 14.5 Å². The molecule has 0 aromatic rings. The number of nitrogens with zero attached hydrogens (tertiary/aromatic N) is 3. The summed E-state index contributed by atoms with van der Waals surface area (Å²) < 4.78 is 10.8. The number of nitrogens with one attached hydrogen (secondary N) is 2. The van der Waals surface area contributed by atoms with Crippen LogP contribution in [0, 0.1) is 0 Å². The molecular formula is C20H42IN5O2. The molecule has 0 radical (unpaired) electrons. The minimum absolute atomic E-state index is 0. The van der Waals surface area contributed by atoms with Gasteiger partial charge in [-0.15, -0.1) is 24.0 Å².